The number of hydrogen-bond donors (Lipinski definition) is 0. The Morgan fingerprint density at radius 2 is 0.810 bits per heavy atom. The topological polar surface area (TPSA) is 36.9 Å². The summed E-state index contributed by atoms with van der Waals surface area (Å²) in [6, 6.07) is 0. The lowest BCUT2D eigenvalue weighted by Crippen LogP contribution is -2.60. The summed E-state index contributed by atoms with van der Waals surface area (Å²) in [5, 5.41) is 0. The Hall–Kier alpha value is -1.07. The zero-order chi connectivity index (χ0) is 16.6. The van der Waals surface area contributed by atoms with Gasteiger partial charge in [-0.25, -0.2) is 0 Å². The Labute approximate surface area is 131 Å². The lowest BCUT2D eigenvalue weighted by molar-refractivity contribution is 0.0806. The second kappa shape index (κ2) is 8.39. The third-order valence-corrected chi connectivity index (χ3v) is 12.7. The molecule has 0 amide bonds. The first-order valence-electron chi connectivity index (χ1n) is 6.22. The molecular weight excluding hydrogens is 316 g/mol. The van der Waals surface area contributed by atoms with Crippen LogP contribution in [0.15, 0.2) is 73.7 Å². The molecule has 0 saturated heterocycles. The van der Waals surface area contributed by atoms with E-state index >= 15 is 0 Å². The molecule has 0 aromatic carbocycles. The van der Waals surface area contributed by atoms with E-state index in [1.165, 1.54) is 14.2 Å². The van der Waals surface area contributed by atoms with E-state index in [2.05, 4.69) is 39.5 Å². The highest BCUT2D eigenvalue weighted by Gasteiger charge is 2.53. The van der Waals surface area contributed by atoms with Gasteiger partial charge in [0.1, 0.15) is 0 Å². The molecule has 0 aliphatic heterocycles. The summed E-state index contributed by atoms with van der Waals surface area (Å²) >= 11 is 0. The van der Waals surface area contributed by atoms with Crippen LogP contribution in [0.5, 0.6) is 0 Å². The smallest absolute Gasteiger partial charge is 0.383 e. The summed E-state index contributed by atoms with van der Waals surface area (Å²) in [6.45, 7) is 22.7. The quantitative estimate of drug-likeness (QED) is 0.512. The van der Waals surface area contributed by atoms with Crippen LogP contribution in [0.1, 0.15) is 0 Å². The molecule has 21 heavy (non-hydrogen) atoms. The SMILES string of the molecule is C=C[Si](C=C)(C=C)O[Si](OC)(OC)O[Si](C=C)(C=C)C=C. The average molecular weight is 341 g/mol. The largest absolute Gasteiger partial charge is 0.659 e. The highest BCUT2D eigenvalue weighted by atomic mass is 28.5. The van der Waals surface area contributed by atoms with Gasteiger partial charge in [-0.3, -0.25) is 0 Å². The number of hydrogen-bond acceptors (Lipinski definition) is 4. The summed E-state index contributed by atoms with van der Waals surface area (Å²) in [6.07, 6.45) is 0. The molecule has 0 unspecified atom stereocenters. The van der Waals surface area contributed by atoms with E-state index in [1.807, 2.05) is 0 Å². The monoisotopic (exact) mass is 340 g/mol. The van der Waals surface area contributed by atoms with Crippen LogP contribution in [0.4, 0.5) is 0 Å². The molecule has 0 fully saturated rings. The minimum absolute atomic E-state index is 1.47. The summed E-state index contributed by atoms with van der Waals surface area (Å²) in [4.78, 5) is 0. The van der Waals surface area contributed by atoms with E-state index in [0.29, 0.717) is 0 Å². The second-order valence-corrected chi connectivity index (χ2v) is 13.4. The van der Waals surface area contributed by atoms with Crippen molar-refractivity contribution in [1.82, 2.24) is 0 Å². The Bertz CT molecular complexity index is 350. The van der Waals surface area contributed by atoms with E-state index in [4.69, 9.17) is 17.1 Å². The normalized spacial score (nSPS) is 12.3. The molecule has 0 atom stereocenters. The van der Waals surface area contributed by atoms with Gasteiger partial charge in [-0.05, 0) is 0 Å². The Morgan fingerprint density at radius 1 is 0.571 bits per heavy atom. The van der Waals surface area contributed by atoms with Crippen molar-refractivity contribution in [2.24, 2.45) is 0 Å². The molecule has 0 radical (unpaired) electrons. The zero-order valence-electron chi connectivity index (χ0n) is 12.8. The van der Waals surface area contributed by atoms with Crippen molar-refractivity contribution in [3.63, 3.8) is 0 Å². The zero-order valence-corrected chi connectivity index (χ0v) is 15.8. The molecule has 0 N–H and O–H groups in total. The van der Waals surface area contributed by atoms with Gasteiger partial charge in [0.25, 0.3) is 16.6 Å². The molecule has 0 aliphatic rings. The van der Waals surface area contributed by atoms with Crippen LogP contribution >= 0.6 is 0 Å². The summed E-state index contributed by atoms with van der Waals surface area (Å²) in [5.41, 5.74) is 10.1. The Balaban J connectivity index is 5.73. The standard InChI is InChI=1S/C14H24O4Si3/c1-9-19(10-2,11-3)17-21(15-7,16-8)18-20(12-4,13-5)14-6/h9-14H,1-6H2,7-8H3. The minimum atomic E-state index is -3.44. The van der Waals surface area contributed by atoms with Gasteiger partial charge in [-0.15, -0.1) is 39.5 Å². The molecular formula is C14H24O4Si3. The van der Waals surface area contributed by atoms with Crippen LogP contribution in [-0.2, 0) is 17.1 Å². The molecule has 0 aromatic heterocycles. The average Bonchev–Trinajstić information content (AvgIpc) is 2.57. The van der Waals surface area contributed by atoms with Crippen LogP contribution < -0.4 is 0 Å². The molecule has 0 spiro atoms. The first-order chi connectivity index (χ1) is 9.90. The van der Waals surface area contributed by atoms with Gasteiger partial charge in [-0.2, -0.15) is 0 Å². The molecule has 0 aliphatic carbocycles. The van der Waals surface area contributed by atoms with Gasteiger partial charge in [0, 0.05) is 14.2 Å². The van der Waals surface area contributed by atoms with Crippen LogP contribution in [0, 0.1) is 0 Å². The fourth-order valence-corrected chi connectivity index (χ4v) is 9.96. The first kappa shape index (κ1) is 19.9. The van der Waals surface area contributed by atoms with Crippen molar-refractivity contribution in [2.75, 3.05) is 14.2 Å². The molecule has 0 bridgehead atoms. The van der Waals surface area contributed by atoms with E-state index in [-0.39, 0.29) is 0 Å². The summed E-state index contributed by atoms with van der Waals surface area (Å²) < 4.78 is 23.1. The van der Waals surface area contributed by atoms with Gasteiger partial charge >= 0.3 is 9.05 Å². The molecule has 0 aromatic rings. The first-order valence-corrected chi connectivity index (χ1v) is 12.1. The lowest BCUT2D eigenvalue weighted by atomic mass is 11.2. The van der Waals surface area contributed by atoms with Crippen LogP contribution in [0.25, 0.3) is 0 Å². The van der Waals surface area contributed by atoms with E-state index < -0.39 is 25.7 Å². The highest BCUT2D eigenvalue weighted by Crippen LogP contribution is 2.25. The van der Waals surface area contributed by atoms with Gasteiger partial charge < -0.3 is 17.1 Å². The molecule has 4 nitrogen and oxygen atoms in total. The third kappa shape index (κ3) is 4.45. The maximum Gasteiger partial charge on any atom is 0.659 e. The van der Waals surface area contributed by atoms with Gasteiger partial charge in [0.05, 0.1) is 0 Å². The van der Waals surface area contributed by atoms with Gasteiger partial charge in [0.15, 0.2) is 0 Å². The van der Waals surface area contributed by atoms with Crippen molar-refractivity contribution < 1.29 is 17.1 Å². The van der Waals surface area contributed by atoms with Crippen LogP contribution in [0.3, 0.4) is 0 Å². The molecule has 7 heteroatoms. The van der Waals surface area contributed by atoms with Crippen molar-refractivity contribution in [1.29, 1.82) is 0 Å². The van der Waals surface area contributed by atoms with E-state index in [0.717, 1.165) is 0 Å². The maximum atomic E-state index is 6.08. The predicted molar refractivity (Wildman–Crippen MR) is 94.6 cm³/mol. The molecule has 0 heterocycles. The Kier molecular flexibility index (Phi) is 7.96. The van der Waals surface area contributed by atoms with Gasteiger partial charge in [0.2, 0.25) is 0 Å². The van der Waals surface area contributed by atoms with Crippen LogP contribution in [0.2, 0.25) is 0 Å². The van der Waals surface area contributed by atoms with E-state index in [1.54, 1.807) is 34.2 Å². The van der Waals surface area contributed by atoms with Gasteiger partial charge in [-0.1, -0.05) is 34.2 Å². The number of rotatable bonds is 12. The summed E-state index contributed by atoms with van der Waals surface area (Å²) in [5.74, 6) is 0. The summed E-state index contributed by atoms with van der Waals surface area (Å²) in [7, 11) is -5.77. The molecule has 116 valence electrons. The highest BCUT2D eigenvalue weighted by molar-refractivity contribution is 6.96. The second-order valence-electron chi connectivity index (χ2n) is 4.04. The lowest BCUT2D eigenvalue weighted by Gasteiger charge is -2.36. The fourth-order valence-electron chi connectivity index (χ4n) is 1.45. The fraction of sp³-hybridized carbons (Fsp3) is 0.143. The van der Waals surface area contributed by atoms with Crippen molar-refractivity contribution in [3.05, 3.63) is 73.7 Å². The molecule has 0 rings (SSSR count). The van der Waals surface area contributed by atoms with Crippen molar-refractivity contribution in [2.45, 2.75) is 0 Å². The Morgan fingerprint density at radius 3 is 0.952 bits per heavy atom. The van der Waals surface area contributed by atoms with Crippen LogP contribution in [-0.4, -0.2) is 39.9 Å². The molecule has 0 saturated carbocycles. The van der Waals surface area contributed by atoms with E-state index in [9.17, 15) is 0 Å². The predicted octanol–water partition coefficient (Wildman–Crippen LogP) is 2.99. The minimum Gasteiger partial charge on any atom is -0.383 e. The van der Waals surface area contributed by atoms with Crippen molar-refractivity contribution >= 4 is 25.7 Å². The van der Waals surface area contributed by atoms with Crippen molar-refractivity contribution in [3.8, 4) is 0 Å². The third-order valence-electron chi connectivity index (χ3n) is 3.02. The maximum absolute atomic E-state index is 6.08.